The van der Waals surface area contributed by atoms with Crippen LogP contribution in [0.2, 0.25) is 0 Å². The number of hydrogen-bond acceptors (Lipinski definition) is 5. The van der Waals surface area contributed by atoms with Crippen molar-refractivity contribution in [3.8, 4) is 0 Å². The average Bonchev–Trinajstić information content (AvgIpc) is 2.91. The van der Waals surface area contributed by atoms with Gasteiger partial charge in [-0.2, -0.15) is 0 Å². The second-order valence-corrected chi connectivity index (χ2v) is 8.07. The van der Waals surface area contributed by atoms with Crippen molar-refractivity contribution in [2.75, 3.05) is 36.8 Å². The van der Waals surface area contributed by atoms with Crippen molar-refractivity contribution in [3.05, 3.63) is 18.5 Å². The first-order valence-electron chi connectivity index (χ1n) is 8.70. The van der Waals surface area contributed by atoms with E-state index in [0.717, 1.165) is 56.8 Å². The minimum atomic E-state index is -0.435. The molecule has 2 saturated heterocycles. The van der Waals surface area contributed by atoms with Gasteiger partial charge in [0.2, 0.25) is 0 Å². The molecule has 3 heterocycles. The number of amides is 1. The molecule has 2 aliphatic rings. The molecule has 0 aliphatic carbocycles. The number of likely N-dealkylation sites (tertiary alicyclic amines) is 1. The summed E-state index contributed by atoms with van der Waals surface area (Å²) in [5, 5.41) is 0. The number of ether oxygens (including phenoxy) is 1. The van der Waals surface area contributed by atoms with Gasteiger partial charge < -0.3 is 20.3 Å². The highest BCUT2D eigenvalue weighted by Gasteiger charge is 2.43. The van der Waals surface area contributed by atoms with E-state index in [9.17, 15) is 4.79 Å². The maximum atomic E-state index is 12.3. The molecule has 25 heavy (non-hydrogen) atoms. The predicted octanol–water partition coefficient (Wildman–Crippen LogP) is 3.53. The molecule has 2 fully saturated rings. The maximum Gasteiger partial charge on any atom is 0.410 e. The zero-order valence-electron chi connectivity index (χ0n) is 14.9. The summed E-state index contributed by atoms with van der Waals surface area (Å²) in [6.45, 7) is 9.28. The summed E-state index contributed by atoms with van der Waals surface area (Å²) in [6.07, 6.45) is 6.53. The summed E-state index contributed by atoms with van der Waals surface area (Å²) in [5.41, 5.74) is 7.64. The fourth-order valence-electron chi connectivity index (χ4n) is 3.73. The zero-order valence-corrected chi connectivity index (χ0v) is 14.9. The second-order valence-electron chi connectivity index (χ2n) is 8.07. The second kappa shape index (κ2) is 7.10. The van der Waals surface area contributed by atoms with E-state index in [1.807, 2.05) is 31.7 Å². The molecule has 0 unspecified atom stereocenters. The van der Waals surface area contributed by atoms with Crippen LogP contribution in [0.4, 0.5) is 16.2 Å². The van der Waals surface area contributed by atoms with Crippen LogP contribution in [0.25, 0.3) is 0 Å². The molecule has 6 heteroatoms. The Bertz CT molecular complexity index is 604. The molecule has 140 valence electrons. The topological polar surface area (TPSA) is 71.7 Å². The Morgan fingerprint density at radius 2 is 1.88 bits per heavy atom. The molecule has 1 spiro atoms. The summed E-state index contributed by atoms with van der Waals surface area (Å²) in [4.78, 5) is 20.6. The van der Waals surface area contributed by atoms with Crippen molar-refractivity contribution in [2.24, 2.45) is 5.41 Å². The van der Waals surface area contributed by atoms with Gasteiger partial charge in [-0.1, -0.05) is 7.43 Å². The Morgan fingerprint density at radius 3 is 2.48 bits per heavy atom. The lowest BCUT2D eigenvalue weighted by atomic mass is 9.77. The molecule has 0 bridgehead atoms. The number of carbonyl (C=O) groups excluding carboxylic acids is 1. The number of aromatic nitrogens is 1. The molecule has 0 radical (unpaired) electrons. The Balaban J connectivity index is 0.00000225. The Hall–Kier alpha value is -1.98. The van der Waals surface area contributed by atoms with Crippen LogP contribution < -0.4 is 10.6 Å². The van der Waals surface area contributed by atoms with Crippen molar-refractivity contribution in [3.63, 3.8) is 0 Å². The third-order valence-corrected chi connectivity index (χ3v) is 5.08. The van der Waals surface area contributed by atoms with Crippen molar-refractivity contribution in [2.45, 2.75) is 53.1 Å². The minimum absolute atomic E-state index is 0. The van der Waals surface area contributed by atoms with Crippen molar-refractivity contribution < 1.29 is 9.53 Å². The molecule has 0 atom stereocenters. The number of anilines is 2. The van der Waals surface area contributed by atoms with Crippen LogP contribution in [-0.2, 0) is 4.74 Å². The normalized spacial score (nSPS) is 19.6. The molecule has 1 aromatic rings. The monoisotopic (exact) mass is 348 g/mol. The SMILES string of the molecule is C.CC(C)(C)OC(=O)N1CCC2(CCN(c3ccncc3N)CC2)C1. The van der Waals surface area contributed by atoms with Gasteiger partial charge in [0.05, 0.1) is 17.6 Å². The van der Waals surface area contributed by atoms with Gasteiger partial charge in [-0.3, -0.25) is 4.98 Å². The summed E-state index contributed by atoms with van der Waals surface area (Å²) in [6, 6.07) is 1.98. The van der Waals surface area contributed by atoms with E-state index < -0.39 is 5.60 Å². The van der Waals surface area contributed by atoms with Crippen LogP contribution in [0.1, 0.15) is 47.5 Å². The van der Waals surface area contributed by atoms with Crippen molar-refractivity contribution in [1.29, 1.82) is 0 Å². The van der Waals surface area contributed by atoms with Crippen LogP contribution in [0.3, 0.4) is 0 Å². The van der Waals surface area contributed by atoms with E-state index in [1.54, 1.807) is 12.4 Å². The number of nitrogen functional groups attached to an aromatic ring is 1. The fourth-order valence-corrected chi connectivity index (χ4v) is 3.73. The van der Waals surface area contributed by atoms with E-state index in [2.05, 4.69) is 9.88 Å². The summed E-state index contributed by atoms with van der Waals surface area (Å²) < 4.78 is 5.51. The standard InChI is InChI=1S/C18H28N4O2.CH4/c1-17(2,3)24-16(23)22-11-7-18(13-22)5-9-21(10-6-18)15-4-8-20-12-14(15)19;/h4,8,12H,5-7,9-11,13,19H2,1-3H3;1H4. The summed E-state index contributed by atoms with van der Waals surface area (Å²) in [5.74, 6) is 0. The van der Waals surface area contributed by atoms with Gasteiger partial charge in [0, 0.05) is 32.4 Å². The number of carbonyl (C=O) groups is 1. The number of rotatable bonds is 1. The highest BCUT2D eigenvalue weighted by Crippen LogP contribution is 2.42. The molecule has 2 aliphatic heterocycles. The highest BCUT2D eigenvalue weighted by molar-refractivity contribution is 5.69. The molecule has 6 nitrogen and oxygen atoms in total. The number of hydrogen-bond donors (Lipinski definition) is 1. The molecule has 1 amide bonds. The van der Waals surface area contributed by atoms with Crippen LogP contribution in [0.15, 0.2) is 18.5 Å². The Labute approximate surface area is 151 Å². The molecular formula is C19H32N4O2. The average molecular weight is 348 g/mol. The smallest absolute Gasteiger partial charge is 0.410 e. The first-order chi connectivity index (χ1) is 11.3. The van der Waals surface area contributed by atoms with Gasteiger partial charge in [-0.15, -0.1) is 0 Å². The van der Waals surface area contributed by atoms with E-state index in [0.29, 0.717) is 0 Å². The van der Waals surface area contributed by atoms with Gasteiger partial charge in [-0.05, 0) is 51.5 Å². The number of nitrogens with two attached hydrogens (primary N) is 1. The molecule has 0 saturated carbocycles. The van der Waals surface area contributed by atoms with E-state index in [1.165, 1.54) is 0 Å². The summed E-state index contributed by atoms with van der Waals surface area (Å²) in [7, 11) is 0. The van der Waals surface area contributed by atoms with Gasteiger partial charge >= 0.3 is 6.09 Å². The first kappa shape index (κ1) is 19.3. The Kier molecular flexibility index (Phi) is 5.49. The lowest BCUT2D eigenvalue weighted by Crippen LogP contribution is -2.43. The maximum absolute atomic E-state index is 12.3. The van der Waals surface area contributed by atoms with Crippen molar-refractivity contribution >= 4 is 17.5 Å². The number of piperidine rings is 1. The van der Waals surface area contributed by atoms with E-state index in [-0.39, 0.29) is 18.9 Å². The van der Waals surface area contributed by atoms with Gasteiger partial charge in [0.1, 0.15) is 5.60 Å². The molecule has 3 rings (SSSR count). The predicted molar refractivity (Wildman–Crippen MR) is 102 cm³/mol. The van der Waals surface area contributed by atoms with Gasteiger partial charge in [0.25, 0.3) is 0 Å². The molecule has 0 aromatic carbocycles. The number of pyridine rings is 1. The van der Waals surface area contributed by atoms with Crippen LogP contribution in [0.5, 0.6) is 0 Å². The zero-order chi connectivity index (χ0) is 17.4. The molecule has 2 N–H and O–H groups in total. The lowest BCUT2D eigenvalue weighted by molar-refractivity contribution is 0.0266. The Morgan fingerprint density at radius 1 is 1.24 bits per heavy atom. The highest BCUT2D eigenvalue weighted by atomic mass is 16.6. The van der Waals surface area contributed by atoms with Crippen LogP contribution in [-0.4, -0.2) is 47.8 Å². The van der Waals surface area contributed by atoms with E-state index in [4.69, 9.17) is 10.5 Å². The largest absolute Gasteiger partial charge is 0.444 e. The molecular weight excluding hydrogens is 316 g/mol. The lowest BCUT2D eigenvalue weighted by Gasteiger charge is -2.40. The van der Waals surface area contributed by atoms with Crippen LogP contribution >= 0.6 is 0 Å². The summed E-state index contributed by atoms with van der Waals surface area (Å²) >= 11 is 0. The first-order valence-corrected chi connectivity index (χ1v) is 8.70. The number of nitrogens with zero attached hydrogens (tertiary/aromatic N) is 3. The van der Waals surface area contributed by atoms with Crippen LogP contribution in [0, 0.1) is 5.41 Å². The third kappa shape index (κ3) is 4.35. The van der Waals surface area contributed by atoms with Crippen molar-refractivity contribution in [1.82, 2.24) is 9.88 Å². The van der Waals surface area contributed by atoms with E-state index >= 15 is 0 Å². The quantitative estimate of drug-likeness (QED) is 0.840. The van der Waals surface area contributed by atoms with Gasteiger partial charge in [-0.25, -0.2) is 4.79 Å². The fraction of sp³-hybridized carbons (Fsp3) is 0.684. The third-order valence-electron chi connectivity index (χ3n) is 5.08. The minimum Gasteiger partial charge on any atom is -0.444 e. The van der Waals surface area contributed by atoms with Gasteiger partial charge in [0.15, 0.2) is 0 Å². The molecule has 1 aromatic heterocycles.